The lowest BCUT2D eigenvalue weighted by Crippen LogP contribution is -2.05. The smallest absolute Gasteiger partial charge is 0.416 e. The first-order chi connectivity index (χ1) is 10.3. The molecule has 6 nitrogen and oxygen atoms in total. The van der Waals surface area contributed by atoms with E-state index in [0.717, 1.165) is 29.1 Å². The summed E-state index contributed by atoms with van der Waals surface area (Å²) in [5.74, 6) is -1.08. The van der Waals surface area contributed by atoms with Crippen LogP contribution in [-0.2, 0) is 11.0 Å². The van der Waals surface area contributed by atoms with Crippen molar-refractivity contribution in [2.75, 3.05) is 7.11 Å². The summed E-state index contributed by atoms with van der Waals surface area (Å²) in [6.45, 7) is 0. The van der Waals surface area contributed by atoms with Crippen molar-refractivity contribution < 1.29 is 27.8 Å². The van der Waals surface area contributed by atoms with Gasteiger partial charge in [-0.15, -0.1) is 5.10 Å². The molecule has 0 bridgehead atoms. The third-order valence-electron chi connectivity index (χ3n) is 2.65. The average Bonchev–Trinajstić information content (AvgIpc) is 2.92. The highest BCUT2D eigenvalue weighted by atomic mass is 19.4. The summed E-state index contributed by atoms with van der Waals surface area (Å²) < 4.78 is 44.1. The zero-order chi connectivity index (χ0) is 16.3. The second kappa shape index (κ2) is 5.88. The number of hydrogen-bond donors (Lipinski definition) is 1. The number of carboxylic acid groups (broad SMARTS) is 1. The molecule has 0 atom stereocenters. The second-order valence-corrected chi connectivity index (χ2v) is 4.11. The summed E-state index contributed by atoms with van der Waals surface area (Å²) in [5, 5.41) is 12.5. The van der Waals surface area contributed by atoms with Crippen LogP contribution in [0.25, 0.3) is 17.6 Å². The van der Waals surface area contributed by atoms with E-state index in [4.69, 9.17) is 9.84 Å². The van der Waals surface area contributed by atoms with Gasteiger partial charge in [0.2, 0.25) is 0 Å². The zero-order valence-electron chi connectivity index (χ0n) is 11.2. The highest BCUT2D eigenvalue weighted by Crippen LogP contribution is 2.35. The number of hydrogen-bond acceptors (Lipinski definition) is 4. The number of methoxy groups -OCH3 is 1. The Bertz CT molecular complexity index is 723. The molecule has 0 spiro atoms. The fourth-order valence-corrected chi connectivity index (χ4v) is 1.66. The number of ether oxygens (including phenoxy) is 1. The monoisotopic (exact) mass is 313 g/mol. The van der Waals surface area contributed by atoms with Gasteiger partial charge in [0.25, 0.3) is 0 Å². The Labute approximate surface area is 122 Å². The lowest BCUT2D eigenvalue weighted by molar-refractivity contribution is -0.137. The molecule has 1 aromatic heterocycles. The van der Waals surface area contributed by atoms with Gasteiger partial charge in [0.05, 0.1) is 18.2 Å². The number of rotatable bonds is 4. The van der Waals surface area contributed by atoms with Crippen LogP contribution in [0.3, 0.4) is 0 Å². The molecular weight excluding hydrogens is 303 g/mol. The van der Waals surface area contributed by atoms with Crippen molar-refractivity contribution in [2.45, 2.75) is 6.18 Å². The number of carbonyl (C=O) groups is 1. The molecule has 116 valence electrons. The molecule has 0 saturated carbocycles. The fraction of sp³-hybridized carbons (Fsp3) is 0.154. The van der Waals surface area contributed by atoms with E-state index in [1.165, 1.54) is 19.5 Å². The van der Waals surface area contributed by atoms with Crippen molar-refractivity contribution in [1.82, 2.24) is 14.8 Å². The van der Waals surface area contributed by atoms with Gasteiger partial charge in [-0.3, -0.25) is 0 Å². The Kier molecular flexibility index (Phi) is 4.15. The van der Waals surface area contributed by atoms with E-state index >= 15 is 0 Å². The maximum Gasteiger partial charge on any atom is 0.416 e. The van der Waals surface area contributed by atoms with Crippen molar-refractivity contribution in [1.29, 1.82) is 0 Å². The van der Waals surface area contributed by atoms with Crippen LogP contribution < -0.4 is 4.74 Å². The van der Waals surface area contributed by atoms with Crippen LogP contribution in [0, 0.1) is 0 Å². The van der Waals surface area contributed by atoms with E-state index in [9.17, 15) is 18.0 Å². The van der Waals surface area contributed by atoms with Gasteiger partial charge in [-0.2, -0.15) is 13.2 Å². The number of benzene rings is 1. The number of alkyl halides is 3. The topological polar surface area (TPSA) is 77.2 Å². The molecule has 0 aliphatic rings. The lowest BCUT2D eigenvalue weighted by atomic mass is 10.1. The van der Waals surface area contributed by atoms with Crippen LogP contribution in [0.5, 0.6) is 5.75 Å². The molecule has 1 aromatic carbocycles. The fourth-order valence-electron chi connectivity index (χ4n) is 1.66. The molecule has 2 aromatic rings. The molecule has 2 rings (SSSR count). The van der Waals surface area contributed by atoms with Crippen molar-refractivity contribution in [2.24, 2.45) is 0 Å². The van der Waals surface area contributed by atoms with E-state index in [-0.39, 0.29) is 17.1 Å². The molecule has 0 saturated heterocycles. The predicted molar refractivity (Wildman–Crippen MR) is 70.0 cm³/mol. The van der Waals surface area contributed by atoms with Gasteiger partial charge >= 0.3 is 12.1 Å². The van der Waals surface area contributed by atoms with Crippen LogP contribution in [0.4, 0.5) is 13.2 Å². The van der Waals surface area contributed by atoms with Crippen molar-refractivity contribution in [3.05, 3.63) is 36.2 Å². The summed E-state index contributed by atoms with van der Waals surface area (Å²) in [7, 11) is 1.24. The van der Waals surface area contributed by atoms with Gasteiger partial charge in [0, 0.05) is 12.3 Å². The van der Waals surface area contributed by atoms with Gasteiger partial charge in [-0.1, -0.05) is 0 Å². The average molecular weight is 313 g/mol. The molecule has 0 aliphatic heterocycles. The molecule has 0 aliphatic carbocycles. The molecular formula is C13H10F3N3O3. The molecule has 0 unspecified atom stereocenters. The Morgan fingerprint density at radius 2 is 2.14 bits per heavy atom. The van der Waals surface area contributed by atoms with Crippen LogP contribution in [0.15, 0.2) is 30.6 Å². The first-order valence-electron chi connectivity index (χ1n) is 5.89. The van der Waals surface area contributed by atoms with E-state index in [0.29, 0.717) is 0 Å². The van der Waals surface area contributed by atoms with Crippen LogP contribution >= 0.6 is 0 Å². The summed E-state index contributed by atoms with van der Waals surface area (Å²) in [5.41, 5.74) is -0.587. The molecule has 0 amide bonds. The van der Waals surface area contributed by atoms with Gasteiger partial charge in [-0.25, -0.2) is 14.5 Å². The minimum absolute atomic E-state index is 0.0326. The van der Waals surface area contributed by atoms with Gasteiger partial charge in [0.1, 0.15) is 12.1 Å². The number of aromatic nitrogens is 3. The van der Waals surface area contributed by atoms with Gasteiger partial charge in [-0.05, 0) is 18.2 Å². The first kappa shape index (κ1) is 15.5. The van der Waals surface area contributed by atoms with E-state index < -0.39 is 17.7 Å². The van der Waals surface area contributed by atoms with E-state index in [1.807, 2.05) is 0 Å². The quantitative estimate of drug-likeness (QED) is 0.878. The summed E-state index contributed by atoms with van der Waals surface area (Å²) in [6, 6.07) is 2.94. The molecule has 1 N–H and O–H groups in total. The largest absolute Gasteiger partial charge is 0.496 e. The summed E-state index contributed by atoms with van der Waals surface area (Å²) >= 11 is 0. The SMILES string of the molecule is COc1cc(C(F)(F)F)ccc1-c1ncn(C=CC(=O)O)n1. The number of halogens is 3. The standard InChI is InChI=1S/C13H10F3N3O3/c1-22-10-6-8(13(14,15)16)2-3-9(10)12-17-7-19(18-12)5-4-11(20)21/h2-7H,1H3,(H,20,21). The third-order valence-corrected chi connectivity index (χ3v) is 2.65. The Morgan fingerprint density at radius 3 is 2.73 bits per heavy atom. The highest BCUT2D eigenvalue weighted by Gasteiger charge is 2.31. The zero-order valence-corrected chi connectivity index (χ0v) is 11.2. The first-order valence-corrected chi connectivity index (χ1v) is 5.89. The van der Waals surface area contributed by atoms with E-state index in [2.05, 4.69) is 10.1 Å². The maximum absolute atomic E-state index is 12.7. The minimum atomic E-state index is -4.48. The van der Waals surface area contributed by atoms with Crippen molar-refractivity contribution in [3.63, 3.8) is 0 Å². The number of aliphatic carboxylic acids is 1. The third kappa shape index (κ3) is 3.43. The highest BCUT2D eigenvalue weighted by molar-refractivity contribution is 5.82. The second-order valence-electron chi connectivity index (χ2n) is 4.11. The molecule has 0 radical (unpaired) electrons. The van der Waals surface area contributed by atoms with Crippen LogP contribution in [-0.4, -0.2) is 33.0 Å². The molecule has 0 fully saturated rings. The summed E-state index contributed by atoms with van der Waals surface area (Å²) in [4.78, 5) is 14.3. The van der Waals surface area contributed by atoms with Crippen LogP contribution in [0.2, 0.25) is 0 Å². The molecule has 9 heteroatoms. The maximum atomic E-state index is 12.7. The normalized spacial score (nSPS) is 11.8. The Morgan fingerprint density at radius 1 is 1.41 bits per heavy atom. The summed E-state index contributed by atoms with van der Waals surface area (Å²) in [6.07, 6.45) is -1.26. The van der Waals surface area contributed by atoms with Gasteiger partial charge < -0.3 is 9.84 Å². The Hall–Kier alpha value is -2.84. The van der Waals surface area contributed by atoms with Gasteiger partial charge in [0.15, 0.2) is 5.82 Å². The van der Waals surface area contributed by atoms with Crippen LogP contribution in [0.1, 0.15) is 5.56 Å². The predicted octanol–water partition coefficient (Wildman–Crippen LogP) is 2.53. The number of carboxylic acids is 1. The van der Waals surface area contributed by atoms with E-state index in [1.54, 1.807) is 0 Å². The lowest BCUT2D eigenvalue weighted by Gasteiger charge is -2.10. The minimum Gasteiger partial charge on any atom is -0.496 e. The molecule has 22 heavy (non-hydrogen) atoms. The Balaban J connectivity index is 2.38. The number of nitrogens with zero attached hydrogens (tertiary/aromatic N) is 3. The molecule has 1 heterocycles. The van der Waals surface area contributed by atoms with Crippen molar-refractivity contribution >= 4 is 12.2 Å². The van der Waals surface area contributed by atoms with Crippen molar-refractivity contribution in [3.8, 4) is 17.1 Å².